The van der Waals surface area contributed by atoms with Crippen molar-refractivity contribution in [1.29, 1.82) is 0 Å². The molecule has 0 bridgehead atoms. The molecule has 1 N–H and O–H groups in total. The van der Waals surface area contributed by atoms with Gasteiger partial charge in [-0.1, -0.05) is 60.1 Å². The van der Waals surface area contributed by atoms with Crippen molar-refractivity contribution in [3.63, 3.8) is 0 Å². The standard InChI is InChI=1S/C24H19ClN4O2/c1-16-21(24(31)29(28-16)20-10-6-3-7-11-20)22(17-8-4-2-5-9-17)26-27-23(30)18-12-14-19(25)15-13-18/h2-15,21H,1H3,(H,27,30)/b26-22+. The number of nitrogens with zero attached hydrogens (tertiary/aromatic N) is 3. The van der Waals surface area contributed by atoms with Gasteiger partial charge in [0, 0.05) is 10.6 Å². The summed E-state index contributed by atoms with van der Waals surface area (Å²) in [4.78, 5) is 25.9. The molecule has 1 aliphatic rings. The zero-order chi connectivity index (χ0) is 21.8. The van der Waals surface area contributed by atoms with Gasteiger partial charge in [0.05, 0.1) is 17.1 Å². The van der Waals surface area contributed by atoms with Crippen molar-refractivity contribution < 1.29 is 9.59 Å². The van der Waals surface area contributed by atoms with Gasteiger partial charge < -0.3 is 0 Å². The maximum atomic E-state index is 13.3. The molecule has 0 radical (unpaired) electrons. The number of hydrogen-bond acceptors (Lipinski definition) is 4. The molecule has 7 heteroatoms. The van der Waals surface area contributed by atoms with E-state index in [2.05, 4.69) is 15.6 Å². The van der Waals surface area contributed by atoms with Crippen LogP contribution in [0.15, 0.2) is 95.1 Å². The van der Waals surface area contributed by atoms with E-state index < -0.39 is 11.8 Å². The highest BCUT2D eigenvalue weighted by Crippen LogP contribution is 2.26. The predicted octanol–water partition coefficient (Wildman–Crippen LogP) is 4.51. The maximum absolute atomic E-state index is 13.3. The molecule has 2 amide bonds. The summed E-state index contributed by atoms with van der Waals surface area (Å²) in [5.74, 6) is -1.34. The average Bonchev–Trinajstić information content (AvgIpc) is 3.10. The van der Waals surface area contributed by atoms with Crippen LogP contribution in [0.5, 0.6) is 0 Å². The van der Waals surface area contributed by atoms with E-state index in [1.165, 1.54) is 5.01 Å². The molecule has 3 aromatic rings. The molecule has 3 aromatic carbocycles. The molecular formula is C24H19ClN4O2. The Bertz CT molecular complexity index is 1160. The number of amides is 2. The van der Waals surface area contributed by atoms with E-state index in [0.29, 0.717) is 27.7 Å². The summed E-state index contributed by atoms with van der Waals surface area (Å²) >= 11 is 5.89. The Labute approximate surface area is 184 Å². The minimum Gasteiger partial charge on any atom is -0.271 e. The predicted molar refractivity (Wildman–Crippen MR) is 122 cm³/mol. The average molecular weight is 431 g/mol. The van der Waals surface area contributed by atoms with E-state index in [-0.39, 0.29) is 5.91 Å². The zero-order valence-corrected chi connectivity index (χ0v) is 17.5. The molecule has 0 aromatic heterocycles. The normalized spacial score (nSPS) is 16.3. The van der Waals surface area contributed by atoms with Gasteiger partial charge in [0.15, 0.2) is 0 Å². The second-order valence-electron chi connectivity index (χ2n) is 6.97. The molecule has 1 heterocycles. The fraction of sp³-hybridized carbons (Fsp3) is 0.0833. The fourth-order valence-electron chi connectivity index (χ4n) is 3.32. The van der Waals surface area contributed by atoms with Crippen LogP contribution in [0.25, 0.3) is 0 Å². The maximum Gasteiger partial charge on any atom is 0.271 e. The summed E-state index contributed by atoms with van der Waals surface area (Å²) in [7, 11) is 0. The number of hydrazone groups is 2. The first kappa shape index (κ1) is 20.5. The molecule has 1 unspecified atom stereocenters. The molecule has 0 fully saturated rings. The zero-order valence-electron chi connectivity index (χ0n) is 16.7. The van der Waals surface area contributed by atoms with E-state index >= 15 is 0 Å². The number of rotatable bonds is 5. The Morgan fingerprint density at radius 1 is 0.935 bits per heavy atom. The number of anilines is 1. The van der Waals surface area contributed by atoms with Gasteiger partial charge in [-0.25, -0.2) is 5.43 Å². The summed E-state index contributed by atoms with van der Waals surface area (Å²) in [6.07, 6.45) is 0. The van der Waals surface area contributed by atoms with Crippen LogP contribution in [0.3, 0.4) is 0 Å². The van der Waals surface area contributed by atoms with Gasteiger partial charge in [-0.2, -0.15) is 15.2 Å². The molecule has 0 spiro atoms. The van der Waals surface area contributed by atoms with Crippen molar-refractivity contribution in [1.82, 2.24) is 5.43 Å². The SMILES string of the molecule is CC1=NN(c2ccccc2)C(=O)C1/C(=N/NC(=O)c1ccc(Cl)cc1)c1ccccc1. The highest BCUT2D eigenvalue weighted by atomic mass is 35.5. The molecule has 1 atom stereocenters. The summed E-state index contributed by atoms with van der Waals surface area (Å²) < 4.78 is 0. The molecule has 31 heavy (non-hydrogen) atoms. The lowest BCUT2D eigenvalue weighted by molar-refractivity contribution is -0.118. The van der Waals surface area contributed by atoms with Gasteiger partial charge in [-0.15, -0.1) is 0 Å². The number of carbonyl (C=O) groups excluding carboxylic acids is 2. The van der Waals surface area contributed by atoms with Crippen molar-refractivity contribution in [2.75, 3.05) is 5.01 Å². The first-order valence-corrected chi connectivity index (χ1v) is 10.1. The van der Waals surface area contributed by atoms with Crippen molar-refractivity contribution in [2.24, 2.45) is 16.1 Å². The van der Waals surface area contributed by atoms with Gasteiger partial charge in [0.2, 0.25) is 0 Å². The Morgan fingerprint density at radius 2 is 1.55 bits per heavy atom. The Hall–Kier alpha value is -3.77. The molecule has 0 saturated carbocycles. The third-order valence-electron chi connectivity index (χ3n) is 4.86. The molecule has 0 aliphatic carbocycles. The molecule has 154 valence electrons. The summed E-state index contributed by atoms with van der Waals surface area (Å²) in [5.41, 5.74) is 5.40. The summed E-state index contributed by atoms with van der Waals surface area (Å²) in [6, 6.07) is 25.0. The Morgan fingerprint density at radius 3 is 2.19 bits per heavy atom. The van der Waals surface area contributed by atoms with Crippen molar-refractivity contribution in [3.05, 3.63) is 101 Å². The molecular weight excluding hydrogens is 412 g/mol. The van der Waals surface area contributed by atoms with Gasteiger partial charge in [0.25, 0.3) is 11.8 Å². The highest BCUT2D eigenvalue weighted by molar-refractivity contribution is 6.32. The van der Waals surface area contributed by atoms with E-state index in [4.69, 9.17) is 11.6 Å². The topological polar surface area (TPSA) is 74.1 Å². The van der Waals surface area contributed by atoms with E-state index in [1.54, 1.807) is 31.2 Å². The van der Waals surface area contributed by atoms with Gasteiger partial charge in [-0.05, 0) is 48.9 Å². The third kappa shape index (κ3) is 4.39. The van der Waals surface area contributed by atoms with Crippen LogP contribution >= 0.6 is 11.6 Å². The first-order chi connectivity index (χ1) is 15.0. The van der Waals surface area contributed by atoms with Gasteiger partial charge in [-0.3, -0.25) is 9.59 Å². The lowest BCUT2D eigenvalue weighted by Gasteiger charge is -2.16. The van der Waals surface area contributed by atoms with Crippen molar-refractivity contribution in [2.45, 2.75) is 6.92 Å². The number of carbonyl (C=O) groups is 2. The second kappa shape index (κ2) is 8.93. The van der Waals surface area contributed by atoms with Gasteiger partial charge in [0.1, 0.15) is 5.92 Å². The van der Waals surface area contributed by atoms with Crippen LogP contribution < -0.4 is 10.4 Å². The summed E-state index contributed by atoms with van der Waals surface area (Å²) in [6.45, 7) is 1.78. The second-order valence-corrected chi connectivity index (χ2v) is 7.41. The van der Waals surface area contributed by atoms with E-state index in [9.17, 15) is 9.59 Å². The number of halogens is 1. The number of para-hydroxylation sites is 1. The van der Waals surface area contributed by atoms with Gasteiger partial charge >= 0.3 is 0 Å². The monoisotopic (exact) mass is 430 g/mol. The summed E-state index contributed by atoms with van der Waals surface area (Å²) in [5, 5.41) is 10.7. The number of benzene rings is 3. The third-order valence-corrected chi connectivity index (χ3v) is 5.11. The fourth-order valence-corrected chi connectivity index (χ4v) is 3.44. The lowest BCUT2D eigenvalue weighted by atomic mass is 9.93. The Kier molecular flexibility index (Phi) is 5.91. The van der Waals surface area contributed by atoms with Crippen LogP contribution in [-0.4, -0.2) is 23.2 Å². The van der Waals surface area contributed by atoms with E-state index in [0.717, 1.165) is 5.56 Å². The van der Waals surface area contributed by atoms with Crippen LogP contribution in [-0.2, 0) is 4.79 Å². The van der Waals surface area contributed by atoms with Crippen LogP contribution in [0.2, 0.25) is 5.02 Å². The highest BCUT2D eigenvalue weighted by Gasteiger charge is 2.38. The molecule has 4 rings (SSSR count). The molecule has 6 nitrogen and oxygen atoms in total. The number of nitrogens with one attached hydrogen (secondary N) is 1. The van der Waals surface area contributed by atoms with Crippen molar-refractivity contribution in [3.8, 4) is 0 Å². The number of hydrogen-bond donors (Lipinski definition) is 1. The largest absolute Gasteiger partial charge is 0.271 e. The Balaban J connectivity index is 1.67. The smallest absolute Gasteiger partial charge is 0.271 e. The van der Waals surface area contributed by atoms with Crippen molar-refractivity contribution >= 4 is 40.5 Å². The van der Waals surface area contributed by atoms with Crippen LogP contribution in [0, 0.1) is 5.92 Å². The lowest BCUT2D eigenvalue weighted by Crippen LogP contribution is -2.35. The quantitative estimate of drug-likeness (QED) is 0.477. The minimum absolute atomic E-state index is 0.230. The molecule has 1 aliphatic heterocycles. The first-order valence-electron chi connectivity index (χ1n) is 9.67. The van der Waals surface area contributed by atoms with Crippen LogP contribution in [0.1, 0.15) is 22.8 Å². The molecule has 0 saturated heterocycles. The van der Waals surface area contributed by atoms with Crippen LogP contribution in [0.4, 0.5) is 5.69 Å². The van der Waals surface area contributed by atoms with E-state index in [1.807, 2.05) is 60.7 Å². The minimum atomic E-state index is -0.715.